The molecule has 0 saturated carbocycles. The largest absolute Gasteiger partial charge is 0.326 e. The zero-order valence-corrected chi connectivity index (χ0v) is 10.2. The molecule has 2 nitrogen and oxygen atoms in total. The third kappa shape index (κ3) is 2.21. The van der Waals surface area contributed by atoms with E-state index in [0.29, 0.717) is 18.0 Å². The average Bonchev–Trinajstić information content (AvgIpc) is 2.72. The van der Waals surface area contributed by atoms with Crippen molar-refractivity contribution >= 4 is 11.3 Å². The van der Waals surface area contributed by atoms with E-state index in [9.17, 15) is 8.78 Å². The van der Waals surface area contributed by atoms with Crippen molar-refractivity contribution in [1.29, 1.82) is 0 Å². The highest BCUT2D eigenvalue weighted by atomic mass is 32.1. The van der Waals surface area contributed by atoms with E-state index in [1.807, 2.05) is 6.92 Å². The van der Waals surface area contributed by atoms with E-state index in [1.54, 1.807) is 0 Å². The highest BCUT2D eigenvalue weighted by Gasteiger charge is 2.17. The van der Waals surface area contributed by atoms with Gasteiger partial charge in [0.25, 0.3) is 0 Å². The molecular formula is C12H12F2N2S. The number of nitrogens with zero attached hydrogens (tertiary/aromatic N) is 1. The van der Waals surface area contributed by atoms with Crippen molar-refractivity contribution in [1.82, 2.24) is 4.98 Å². The molecule has 0 bridgehead atoms. The lowest BCUT2D eigenvalue weighted by atomic mass is 10.2. The molecule has 0 fully saturated rings. The number of hydrogen-bond donors (Lipinski definition) is 1. The highest BCUT2D eigenvalue weighted by molar-refractivity contribution is 7.15. The minimum Gasteiger partial charge on any atom is -0.326 e. The zero-order valence-electron chi connectivity index (χ0n) is 9.34. The highest BCUT2D eigenvalue weighted by Crippen LogP contribution is 2.31. The third-order valence-electron chi connectivity index (χ3n) is 2.48. The molecule has 0 aliphatic heterocycles. The molecule has 0 radical (unpaired) electrons. The number of aryl methyl sites for hydroxylation is 1. The van der Waals surface area contributed by atoms with Gasteiger partial charge in [0.1, 0.15) is 16.6 Å². The Morgan fingerprint density at radius 3 is 2.41 bits per heavy atom. The minimum atomic E-state index is -0.593. The van der Waals surface area contributed by atoms with Gasteiger partial charge >= 0.3 is 0 Å². The first-order valence-corrected chi connectivity index (χ1v) is 6.12. The van der Waals surface area contributed by atoms with Gasteiger partial charge < -0.3 is 5.73 Å². The van der Waals surface area contributed by atoms with Crippen LogP contribution < -0.4 is 5.73 Å². The summed E-state index contributed by atoms with van der Waals surface area (Å²) >= 11 is 1.25. The van der Waals surface area contributed by atoms with Crippen molar-refractivity contribution in [2.75, 3.05) is 0 Å². The Kier molecular flexibility index (Phi) is 3.49. The van der Waals surface area contributed by atoms with Gasteiger partial charge in [-0.25, -0.2) is 13.8 Å². The summed E-state index contributed by atoms with van der Waals surface area (Å²) in [7, 11) is 0. The van der Waals surface area contributed by atoms with Gasteiger partial charge in [0.15, 0.2) is 0 Å². The molecule has 2 aromatic rings. The van der Waals surface area contributed by atoms with E-state index in [1.165, 1.54) is 29.5 Å². The van der Waals surface area contributed by atoms with Gasteiger partial charge in [-0.3, -0.25) is 0 Å². The second-order valence-electron chi connectivity index (χ2n) is 3.54. The average molecular weight is 254 g/mol. The molecule has 0 aliphatic carbocycles. The van der Waals surface area contributed by atoms with Crippen molar-refractivity contribution in [3.05, 3.63) is 40.4 Å². The summed E-state index contributed by atoms with van der Waals surface area (Å²) in [5, 5.41) is 0.359. The molecule has 0 aliphatic rings. The molecule has 0 saturated heterocycles. The number of halogens is 2. The zero-order chi connectivity index (χ0) is 12.4. The molecule has 17 heavy (non-hydrogen) atoms. The predicted octanol–water partition coefficient (Wildman–Crippen LogP) is 3.11. The van der Waals surface area contributed by atoms with Gasteiger partial charge in [0.2, 0.25) is 0 Å². The maximum atomic E-state index is 13.6. The second-order valence-corrected chi connectivity index (χ2v) is 4.63. The van der Waals surface area contributed by atoms with Gasteiger partial charge in [-0.15, -0.1) is 11.3 Å². The Labute approximate surface area is 102 Å². The van der Waals surface area contributed by atoms with E-state index in [0.717, 1.165) is 10.6 Å². The first kappa shape index (κ1) is 12.1. The van der Waals surface area contributed by atoms with E-state index >= 15 is 0 Å². The summed E-state index contributed by atoms with van der Waals surface area (Å²) in [5.74, 6) is -1.19. The second kappa shape index (κ2) is 4.89. The molecule has 2 N–H and O–H groups in total. The first-order valence-electron chi connectivity index (χ1n) is 5.30. The number of thiazole rings is 1. The molecule has 0 unspecified atom stereocenters. The van der Waals surface area contributed by atoms with E-state index in [-0.39, 0.29) is 5.56 Å². The van der Waals surface area contributed by atoms with Crippen molar-refractivity contribution in [2.24, 2.45) is 5.73 Å². The fourth-order valence-corrected chi connectivity index (χ4v) is 2.71. The van der Waals surface area contributed by atoms with Crippen LogP contribution in [-0.4, -0.2) is 4.98 Å². The molecule has 1 heterocycles. The van der Waals surface area contributed by atoms with Crippen LogP contribution in [0, 0.1) is 11.6 Å². The molecule has 0 atom stereocenters. The number of hydrogen-bond acceptors (Lipinski definition) is 3. The van der Waals surface area contributed by atoms with Crippen LogP contribution in [0.2, 0.25) is 0 Å². The van der Waals surface area contributed by atoms with Crippen molar-refractivity contribution < 1.29 is 8.78 Å². The lowest BCUT2D eigenvalue weighted by Crippen LogP contribution is -1.96. The van der Waals surface area contributed by atoms with Gasteiger partial charge in [-0.05, 0) is 18.6 Å². The molecule has 0 spiro atoms. The van der Waals surface area contributed by atoms with Crippen molar-refractivity contribution in [3.63, 3.8) is 0 Å². The Morgan fingerprint density at radius 2 is 1.94 bits per heavy atom. The molecule has 1 aromatic heterocycles. The number of rotatable bonds is 3. The molecular weight excluding hydrogens is 242 g/mol. The Balaban J connectivity index is 2.57. The summed E-state index contributed by atoms with van der Waals surface area (Å²) in [4.78, 5) is 5.13. The summed E-state index contributed by atoms with van der Waals surface area (Å²) in [6, 6.07) is 3.80. The Hall–Kier alpha value is -1.33. The lowest BCUT2D eigenvalue weighted by molar-refractivity contribution is 0.589. The summed E-state index contributed by atoms with van der Waals surface area (Å²) in [5.41, 5.74) is 6.33. The van der Waals surface area contributed by atoms with Crippen LogP contribution in [0.25, 0.3) is 10.6 Å². The van der Waals surface area contributed by atoms with E-state index in [2.05, 4.69) is 4.98 Å². The summed E-state index contributed by atoms with van der Waals surface area (Å²) in [6.45, 7) is 2.28. The van der Waals surface area contributed by atoms with Crippen LogP contribution in [0.1, 0.15) is 17.5 Å². The normalized spacial score (nSPS) is 10.8. The van der Waals surface area contributed by atoms with Crippen LogP contribution in [0.15, 0.2) is 18.2 Å². The summed E-state index contributed by atoms with van der Waals surface area (Å²) < 4.78 is 27.2. The van der Waals surface area contributed by atoms with Crippen LogP contribution in [0.4, 0.5) is 8.78 Å². The number of aromatic nitrogens is 1. The fourth-order valence-electron chi connectivity index (χ4n) is 1.63. The van der Waals surface area contributed by atoms with Crippen LogP contribution in [0.5, 0.6) is 0 Å². The molecule has 0 amide bonds. The predicted molar refractivity (Wildman–Crippen MR) is 64.7 cm³/mol. The van der Waals surface area contributed by atoms with E-state index in [4.69, 9.17) is 5.73 Å². The van der Waals surface area contributed by atoms with Gasteiger partial charge in [0.05, 0.1) is 11.3 Å². The van der Waals surface area contributed by atoms with Crippen molar-refractivity contribution in [3.8, 4) is 10.6 Å². The van der Waals surface area contributed by atoms with Crippen LogP contribution in [0.3, 0.4) is 0 Å². The topological polar surface area (TPSA) is 38.9 Å². The monoisotopic (exact) mass is 254 g/mol. The standard InChI is InChI=1S/C12H12F2N2S/c1-2-9-10(6-15)17-12(16-9)11-7(13)4-3-5-8(11)14/h3-5H,2,6,15H2,1H3. The summed E-state index contributed by atoms with van der Waals surface area (Å²) in [6.07, 6.45) is 0.707. The third-order valence-corrected chi connectivity index (χ3v) is 3.61. The molecule has 5 heteroatoms. The van der Waals surface area contributed by atoms with Crippen LogP contribution in [-0.2, 0) is 13.0 Å². The number of benzene rings is 1. The van der Waals surface area contributed by atoms with Gasteiger partial charge in [-0.1, -0.05) is 13.0 Å². The minimum absolute atomic E-state index is 0.0631. The number of nitrogens with two attached hydrogens (primary N) is 1. The maximum absolute atomic E-state index is 13.6. The molecule has 2 rings (SSSR count). The fraction of sp³-hybridized carbons (Fsp3) is 0.250. The van der Waals surface area contributed by atoms with Crippen LogP contribution >= 0.6 is 11.3 Å². The molecule has 90 valence electrons. The first-order chi connectivity index (χ1) is 8.17. The smallest absolute Gasteiger partial charge is 0.136 e. The van der Waals surface area contributed by atoms with E-state index < -0.39 is 11.6 Å². The van der Waals surface area contributed by atoms with Crippen molar-refractivity contribution in [2.45, 2.75) is 19.9 Å². The van der Waals surface area contributed by atoms with Gasteiger partial charge in [0, 0.05) is 11.4 Å². The lowest BCUT2D eigenvalue weighted by Gasteiger charge is -1.99. The quantitative estimate of drug-likeness (QED) is 0.914. The Morgan fingerprint density at radius 1 is 1.29 bits per heavy atom. The maximum Gasteiger partial charge on any atom is 0.136 e. The van der Waals surface area contributed by atoms with Gasteiger partial charge in [-0.2, -0.15) is 0 Å². The SMILES string of the molecule is CCc1nc(-c2c(F)cccc2F)sc1CN. The Bertz CT molecular complexity index is 496. The molecule has 1 aromatic carbocycles.